The average Bonchev–Trinajstić information content (AvgIpc) is 2.73. The number of unbranched alkanes of at least 4 members (excludes halogenated alkanes) is 10. The lowest BCUT2D eigenvalue weighted by molar-refractivity contribution is -0.170. The molecule has 0 heterocycles. The molecule has 0 aromatic carbocycles. The van der Waals surface area contributed by atoms with Crippen LogP contribution in [0.1, 0.15) is 90.4 Å². The summed E-state index contributed by atoms with van der Waals surface area (Å²) < 4.78 is 5.23. The molecule has 31 heavy (non-hydrogen) atoms. The third kappa shape index (κ3) is 9.70. The molecule has 4 unspecified atom stereocenters. The van der Waals surface area contributed by atoms with Crippen LogP contribution in [-0.4, -0.2) is 45.8 Å². The topological polar surface area (TPSA) is 138 Å². The van der Waals surface area contributed by atoms with E-state index in [9.17, 15) is 34.5 Å². The van der Waals surface area contributed by atoms with Crippen LogP contribution in [0.2, 0.25) is 0 Å². The molecule has 0 amide bonds. The van der Waals surface area contributed by atoms with Gasteiger partial charge in [-0.05, 0) is 19.3 Å². The predicted molar refractivity (Wildman–Crippen MR) is 114 cm³/mol. The van der Waals surface area contributed by atoms with Crippen LogP contribution in [0.15, 0.2) is 0 Å². The van der Waals surface area contributed by atoms with Crippen molar-refractivity contribution in [1.29, 1.82) is 0 Å². The van der Waals surface area contributed by atoms with E-state index in [1.54, 1.807) is 0 Å². The second-order valence-electron chi connectivity index (χ2n) is 8.62. The minimum absolute atomic E-state index is 0.165. The summed E-state index contributed by atoms with van der Waals surface area (Å²) in [5.74, 6) is -9.74. The zero-order valence-electron chi connectivity index (χ0n) is 18.6. The number of aliphatic carboxylic acids is 3. The van der Waals surface area contributed by atoms with Gasteiger partial charge in [-0.1, -0.05) is 71.1 Å². The van der Waals surface area contributed by atoms with E-state index < -0.39 is 47.5 Å². The van der Waals surface area contributed by atoms with Crippen molar-refractivity contribution in [3.8, 4) is 0 Å². The Bertz CT molecular complexity index is 588. The molecule has 0 aliphatic heterocycles. The molecule has 0 aromatic heterocycles. The Morgan fingerprint density at radius 1 is 0.613 bits per heavy atom. The summed E-state index contributed by atoms with van der Waals surface area (Å²) in [5.41, 5.74) is 0. The molecular formula is C23H38O8. The summed E-state index contributed by atoms with van der Waals surface area (Å²) in [6.07, 6.45) is 12.0. The third-order valence-electron chi connectivity index (χ3n) is 6.23. The Labute approximate surface area is 184 Å². The van der Waals surface area contributed by atoms with Gasteiger partial charge in [0.2, 0.25) is 0 Å². The summed E-state index contributed by atoms with van der Waals surface area (Å²) in [6.45, 7) is 2.37. The molecule has 3 N–H and O–H groups in total. The molecule has 0 radical (unpaired) electrons. The van der Waals surface area contributed by atoms with Crippen molar-refractivity contribution in [3.63, 3.8) is 0 Å². The van der Waals surface area contributed by atoms with Crippen molar-refractivity contribution in [2.75, 3.05) is 6.61 Å². The molecule has 1 rings (SSSR count). The van der Waals surface area contributed by atoms with Gasteiger partial charge in [0.05, 0.1) is 30.3 Å². The fourth-order valence-electron chi connectivity index (χ4n) is 4.33. The first-order valence-corrected chi connectivity index (χ1v) is 11.6. The molecule has 178 valence electrons. The second kappa shape index (κ2) is 14.8. The van der Waals surface area contributed by atoms with Crippen LogP contribution >= 0.6 is 0 Å². The molecule has 1 aliphatic carbocycles. The lowest BCUT2D eigenvalue weighted by atomic mass is 9.68. The van der Waals surface area contributed by atoms with Crippen LogP contribution in [0.25, 0.3) is 0 Å². The molecule has 0 aromatic rings. The van der Waals surface area contributed by atoms with Crippen molar-refractivity contribution < 1.29 is 39.2 Å². The number of esters is 1. The van der Waals surface area contributed by atoms with Crippen LogP contribution < -0.4 is 0 Å². The highest BCUT2D eigenvalue weighted by atomic mass is 16.5. The minimum Gasteiger partial charge on any atom is -0.481 e. The molecule has 0 spiro atoms. The Morgan fingerprint density at radius 2 is 0.968 bits per heavy atom. The van der Waals surface area contributed by atoms with Gasteiger partial charge < -0.3 is 20.1 Å². The third-order valence-corrected chi connectivity index (χ3v) is 6.23. The fraction of sp³-hybridized carbons (Fsp3) is 0.826. The van der Waals surface area contributed by atoms with Crippen molar-refractivity contribution in [2.24, 2.45) is 23.7 Å². The molecule has 1 aliphatic rings. The standard InChI is InChI=1S/C23H38O8/c1-2-3-4-5-6-7-8-9-10-11-12-13-31-23(30)19-15-17(21(26)27)16(20(24)25)14-18(19)22(28)29/h16-19H,2-15H2,1H3,(H,24,25)(H,26,27)(H,28,29). The van der Waals surface area contributed by atoms with Gasteiger partial charge in [0.25, 0.3) is 0 Å². The quantitative estimate of drug-likeness (QED) is 0.237. The number of hydrogen-bond donors (Lipinski definition) is 3. The normalized spacial score (nSPS) is 23.3. The number of ether oxygens (including phenoxy) is 1. The first-order chi connectivity index (χ1) is 14.8. The monoisotopic (exact) mass is 442 g/mol. The Kier molecular flexibility index (Phi) is 12.9. The van der Waals surface area contributed by atoms with Crippen LogP contribution in [0, 0.1) is 23.7 Å². The van der Waals surface area contributed by atoms with Crippen LogP contribution in [0.5, 0.6) is 0 Å². The van der Waals surface area contributed by atoms with E-state index in [4.69, 9.17) is 4.74 Å². The molecule has 0 bridgehead atoms. The number of carboxylic acids is 3. The summed E-state index contributed by atoms with van der Waals surface area (Å²) >= 11 is 0. The van der Waals surface area contributed by atoms with Crippen molar-refractivity contribution in [2.45, 2.75) is 90.4 Å². The predicted octanol–water partition coefficient (Wildman–Crippen LogP) is 4.35. The van der Waals surface area contributed by atoms with E-state index in [2.05, 4.69) is 6.92 Å². The van der Waals surface area contributed by atoms with Gasteiger partial charge in [-0.2, -0.15) is 0 Å². The minimum atomic E-state index is -1.36. The van der Waals surface area contributed by atoms with Gasteiger partial charge >= 0.3 is 23.9 Å². The lowest BCUT2D eigenvalue weighted by Gasteiger charge is -2.34. The second-order valence-corrected chi connectivity index (χ2v) is 8.62. The zero-order valence-corrected chi connectivity index (χ0v) is 18.6. The summed E-state index contributed by atoms with van der Waals surface area (Å²) in [7, 11) is 0. The maximum atomic E-state index is 12.4. The highest BCUT2D eigenvalue weighted by Gasteiger charge is 2.49. The number of rotatable bonds is 16. The van der Waals surface area contributed by atoms with Crippen LogP contribution in [0.3, 0.4) is 0 Å². The number of carbonyl (C=O) groups is 4. The van der Waals surface area contributed by atoms with E-state index in [0.717, 1.165) is 19.3 Å². The molecule has 8 heteroatoms. The highest BCUT2D eigenvalue weighted by molar-refractivity contribution is 5.86. The Hall–Kier alpha value is -2.12. The summed E-state index contributed by atoms with van der Waals surface area (Å²) in [5, 5.41) is 28.0. The lowest BCUT2D eigenvalue weighted by Crippen LogP contribution is -2.45. The van der Waals surface area contributed by atoms with Crippen molar-refractivity contribution in [3.05, 3.63) is 0 Å². The molecule has 1 fully saturated rings. The zero-order chi connectivity index (χ0) is 23.2. The number of hydrogen-bond acceptors (Lipinski definition) is 5. The molecule has 8 nitrogen and oxygen atoms in total. The average molecular weight is 443 g/mol. The van der Waals surface area contributed by atoms with Crippen LogP contribution in [-0.2, 0) is 23.9 Å². The van der Waals surface area contributed by atoms with E-state index in [1.807, 2.05) is 0 Å². The summed E-state index contributed by atoms with van der Waals surface area (Å²) in [4.78, 5) is 46.7. The molecule has 0 saturated heterocycles. The maximum absolute atomic E-state index is 12.4. The van der Waals surface area contributed by atoms with E-state index in [1.165, 1.54) is 44.9 Å². The van der Waals surface area contributed by atoms with Gasteiger partial charge in [0.15, 0.2) is 0 Å². The van der Waals surface area contributed by atoms with E-state index >= 15 is 0 Å². The van der Waals surface area contributed by atoms with Crippen molar-refractivity contribution >= 4 is 23.9 Å². The molecular weight excluding hydrogens is 404 g/mol. The van der Waals surface area contributed by atoms with E-state index in [0.29, 0.717) is 6.42 Å². The summed E-state index contributed by atoms with van der Waals surface area (Å²) in [6, 6.07) is 0. The highest BCUT2D eigenvalue weighted by Crippen LogP contribution is 2.39. The van der Waals surface area contributed by atoms with Crippen LogP contribution in [0.4, 0.5) is 0 Å². The fourth-order valence-corrected chi connectivity index (χ4v) is 4.33. The largest absolute Gasteiger partial charge is 0.481 e. The molecule has 4 atom stereocenters. The Balaban J connectivity index is 2.32. The number of carboxylic acid groups (broad SMARTS) is 3. The van der Waals surface area contributed by atoms with Gasteiger partial charge in [0.1, 0.15) is 0 Å². The van der Waals surface area contributed by atoms with Gasteiger partial charge in [-0.3, -0.25) is 19.2 Å². The number of carbonyl (C=O) groups excluding carboxylic acids is 1. The Morgan fingerprint density at radius 3 is 1.39 bits per heavy atom. The smallest absolute Gasteiger partial charge is 0.309 e. The molecule has 1 saturated carbocycles. The van der Waals surface area contributed by atoms with Gasteiger partial charge in [0, 0.05) is 0 Å². The SMILES string of the molecule is CCCCCCCCCCCCCOC(=O)C1CC(C(=O)O)C(C(=O)O)CC1C(=O)O. The van der Waals surface area contributed by atoms with Gasteiger partial charge in [-0.15, -0.1) is 0 Å². The van der Waals surface area contributed by atoms with Gasteiger partial charge in [-0.25, -0.2) is 0 Å². The maximum Gasteiger partial charge on any atom is 0.309 e. The van der Waals surface area contributed by atoms with Crippen molar-refractivity contribution in [1.82, 2.24) is 0 Å². The van der Waals surface area contributed by atoms with E-state index in [-0.39, 0.29) is 19.4 Å². The first kappa shape index (κ1) is 26.9. The first-order valence-electron chi connectivity index (χ1n) is 11.6.